The highest BCUT2D eigenvalue weighted by Crippen LogP contribution is 2.21. The first kappa shape index (κ1) is 14.0. The molecule has 0 aliphatic carbocycles. The lowest BCUT2D eigenvalue weighted by molar-refractivity contribution is 0.154. The van der Waals surface area contributed by atoms with Crippen molar-refractivity contribution in [3.63, 3.8) is 0 Å². The standard InChI is InChI=1S/C14H23NO2/c1-4-10-17-13-7-5-6-12(11-13)14(16)8-9-15(2)3/h5-7,11,14,16H,4,8-10H2,1-3H3. The third-order valence-electron chi connectivity index (χ3n) is 2.57. The van der Waals surface area contributed by atoms with Gasteiger partial charge in [0.2, 0.25) is 0 Å². The lowest BCUT2D eigenvalue weighted by atomic mass is 10.1. The molecule has 0 bridgehead atoms. The van der Waals surface area contributed by atoms with Gasteiger partial charge < -0.3 is 14.7 Å². The topological polar surface area (TPSA) is 32.7 Å². The van der Waals surface area contributed by atoms with Crippen LogP contribution in [0.25, 0.3) is 0 Å². The third-order valence-corrected chi connectivity index (χ3v) is 2.57. The minimum Gasteiger partial charge on any atom is -0.494 e. The zero-order valence-electron chi connectivity index (χ0n) is 11.0. The van der Waals surface area contributed by atoms with Crippen molar-refractivity contribution in [3.8, 4) is 5.75 Å². The minimum absolute atomic E-state index is 0.414. The van der Waals surface area contributed by atoms with Crippen molar-refractivity contribution >= 4 is 0 Å². The zero-order valence-corrected chi connectivity index (χ0v) is 11.0. The second kappa shape index (κ2) is 7.30. The molecule has 0 saturated carbocycles. The van der Waals surface area contributed by atoms with Crippen LogP contribution in [-0.2, 0) is 0 Å². The van der Waals surface area contributed by atoms with Crippen LogP contribution in [0.3, 0.4) is 0 Å². The molecule has 0 fully saturated rings. The zero-order chi connectivity index (χ0) is 12.7. The van der Waals surface area contributed by atoms with Gasteiger partial charge >= 0.3 is 0 Å². The van der Waals surface area contributed by atoms with Crippen molar-refractivity contribution in [2.75, 3.05) is 27.2 Å². The molecule has 0 aromatic heterocycles. The maximum atomic E-state index is 10.0. The third kappa shape index (κ3) is 5.20. The highest BCUT2D eigenvalue weighted by atomic mass is 16.5. The summed E-state index contributed by atoms with van der Waals surface area (Å²) in [5.41, 5.74) is 0.931. The number of nitrogens with zero attached hydrogens (tertiary/aromatic N) is 1. The van der Waals surface area contributed by atoms with Crippen LogP contribution in [0.4, 0.5) is 0 Å². The molecule has 1 atom stereocenters. The van der Waals surface area contributed by atoms with Crippen molar-refractivity contribution in [2.45, 2.75) is 25.9 Å². The van der Waals surface area contributed by atoms with E-state index in [-0.39, 0.29) is 0 Å². The summed E-state index contributed by atoms with van der Waals surface area (Å²) in [7, 11) is 4.01. The molecule has 1 N–H and O–H groups in total. The van der Waals surface area contributed by atoms with E-state index in [1.165, 1.54) is 0 Å². The van der Waals surface area contributed by atoms with Gasteiger partial charge in [-0.25, -0.2) is 0 Å². The van der Waals surface area contributed by atoms with Crippen LogP contribution >= 0.6 is 0 Å². The molecule has 0 spiro atoms. The molecular formula is C14H23NO2. The number of hydrogen-bond acceptors (Lipinski definition) is 3. The first-order valence-electron chi connectivity index (χ1n) is 6.19. The largest absolute Gasteiger partial charge is 0.494 e. The van der Waals surface area contributed by atoms with Gasteiger partial charge in [0.25, 0.3) is 0 Å². The number of hydrogen-bond donors (Lipinski definition) is 1. The predicted molar refractivity (Wildman–Crippen MR) is 70.4 cm³/mol. The molecule has 0 radical (unpaired) electrons. The molecule has 3 heteroatoms. The summed E-state index contributed by atoms with van der Waals surface area (Å²) in [4.78, 5) is 2.07. The predicted octanol–water partition coefficient (Wildman–Crippen LogP) is 2.46. The van der Waals surface area contributed by atoms with Crippen molar-refractivity contribution in [1.29, 1.82) is 0 Å². The average Bonchev–Trinajstić information content (AvgIpc) is 2.33. The monoisotopic (exact) mass is 237 g/mol. The summed E-state index contributed by atoms with van der Waals surface area (Å²) in [6.07, 6.45) is 1.32. The summed E-state index contributed by atoms with van der Waals surface area (Å²) in [6, 6.07) is 7.73. The molecule has 1 aromatic carbocycles. The molecule has 0 saturated heterocycles. The van der Waals surface area contributed by atoms with Crippen molar-refractivity contribution < 1.29 is 9.84 Å². The maximum Gasteiger partial charge on any atom is 0.119 e. The molecule has 0 amide bonds. The molecule has 0 aliphatic heterocycles. The van der Waals surface area contributed by atoms with Crippen LogP contribution in [0.15, 0.2) is 24.3 Å². The van der Waals surface area contributed by atoms with Crippen molar-refractivity contribution in [2.24, 2.45) is 0 Å². The fourth-order valence-corrected chi connectivity index (χ4v) is 1.58. The number of benzene rings is 1. The second-order valence-corrected chi connectivity index (χ2v) is 4.53. The van der Waals surface area contributed by atoms with Gasteiger partial charge in [-0.15, -0.1) is 0 Å². The van der Waals surface area contributed by atoms with E-state index < -0.39 is 6.10 Å². The van der Waals surface area contributed by atoms with Crippen LogP contribution in [0.5, 0.6) is 5.75 Å². The highest BCUT2D eigenvalue weighted by molar-refractivity contribution is 5.29. The van der Waals surface area contributed by atoms with E-state index in [4.69, 9.17) is 4.74 Å². The van der Waals surface area contributed by atoms with Crippen molar-refractivity contribution in [1.82, 2.24) is 4.90 Å². The van der Waals surface area contributed by atoms with E-state index in [0.717, 1.165) is 37.3 Å². The summed E-state index contributed by atoms with van der Waals surface area (Å²) in [6.45, 7) is 3.67. The van der Waals surface area contributed by atoms with Crippen LogP contribution in [-0.4, -0.2) is 37.3 Å². The smallest absolute Gasteiger partial charge is 0.119 e. The van der Waals surface area contributed by atoms with E-state index in [2.05, 4.69) is 11.8 Å². The fraction of sp³-hybridized carbons (Fsp3) is 0.571. The Kier molecular flexibility index (Phi) is 6.01. The average molecular weight is 237 g/mol. The SMILES string of the molecule is CCCOc1cccc(C(O)CCN(C)C)c1. The summed E-state index contributed by atoms with van der Waals surface area (Å²) >= 11 is 0. The molecule has 0 aliphatic rings. The number of rotatable bonds is 7. The lowest BCUT2D eigenvalue weighted by Gasteiger charge is -2.15. The normalized spacial score (nSPS) is 12.8. The Hall–Kier alpha value is -1.06. The fourth-order valence-electron chi connectivity index (χ4n) is 1.58. The summed E-state index contributed by atoms with van der Waals surface area (Å²) < 4.78 is 5.55. The summed E-state index contributed by atoms with van der Waals surface area (Å²) in [5, 5.41) is 10.0. The molecule has 96 valence electrons. The minimum atomic E-state index is -0.414. The Labute approximate surface area is 104 Å². The Bertz CT molecular complexity index is 326. The number of ether oxygens (including phenoxy) is 1. The van der Waals surface area contributed by atoms with Gasteiger partial charge in [-0.1, -0.05) is 19.1 Å². The van der Waals surface area contributed by atoms with Gasteiger partial charge in [0.1, 0.15) is 5.75 Å². The Morgan fingerprint density at radius 2 is 2.12 bits per heavy atom. The quantitative estimate of drug-likeness (QED) is 0.790. The Balaban J connectivity index is 2.57. The van der Waals surface area contributed by atoms with Gasteiger partial charge in [0.15, 0.2) is 0 Å². The lowest BCUT2D eigenvalue weighted by Crippen LogP contribution is -2.15. The molecule has 3 nitrogen and oxygen atoms in total. The van der Waals surface area contributed by atoms with Gasteiger partial charge in [-0.3, -0.25) is 0 Å². The van der Waals surface area contributed by atoms with E-state index in [0.29, 0.717) is 0 Å². The number of aliphatic hydroxyl groups excluding tert-OH is 1. The van der Waals surface area contributed by atoms with E-state index in [1.807, 2.05) is 38.4 Å². The Morgan fingerprint density at radius 3 is 2.76 bits per heavy atom. The van der Waals surface area contributed by atoms with E-state index in [9.17, 15) is 5.11 Å². The molecule has 1 unspecified atom stereocenters. The molecule has 0 heterocycles. The van der Waals surface area contributed by atoms with Gasteiger partial charge in [0, 0.05) is 6.54 Å². The van der Waals surface area contributed by atoms with E-state index in [1.54, 1.807) is 0 Å². The Morgan fingerprint density at radius 1 is 1.35 bits per heavy atom. The molecule has 17 heavy (non-hydrogen) atoms. The van der Waals surface area contributed by atoms with Crippen LogP contribution in [0.1, 0.15) is 31.4 Å². The van der Waals surface area contributed by atoms with Gasteiger partial charge in [-0.2, -0.15) is 0 Å². The first-order chi connectivity index (χ1) is 8.13. The van der Waals surface area contributed by atoms with Crippen LogP contribution < -0.4 is 4.74 Å². The van der Waals surface area contributed by atoms with Gasteiger partial charge in [-0.05, 0) is 44.6 Å². The maximum absolute atomic E-state index is 10.0. The molecular weight excluding hydrogens is 214 g/mol. The molecule has 1 rings (SSSR count). The number of aliphatic hydroxyl groups is 1. The van der Waals surface area contributed by atoms with E-state index >= 15 is 0 Å². The molecule has 1 aromatic rings. The highest BCUT2D eigenvalue weighted by Gasteiger charge is 2.08. The first-order valence-corrected chi connectivity index (χ1v) is 6.19. The second-order valence-electron chi connectivity index (χ2n) is 4.53. The van der Waals surface area contributed by atoms with Crippen LogP contribution in [0, 0.1) is 0 Å². The summed E-state index contributed by atoms with van der Waals surface area (Å²) in [5.74, 6) is 0.841. The van der Waals surface area contributed by atoms with Crippen LogP contribution in [0.2, 0.25) is 0 Å². The van der Waals surface area contributed by atoms with Crippen molar-refractivity contribution in [3.05, 3.63) is 29.8 Å². The van der Waals surface area contributed by atoms with Gasteiger partial charge in [0.05, 0.1) is 12.7 Å².